The number of halogens is 3. The Morgan fingerprint density at radius 3 is 2.54 bits per heavy atom. The summed E-state index contributed by atoms with van der Waals surface area (Å²) in [6, 6.07) is 6.71. The van der Waals surface area contributed by atoms with E-state index in [1.807, 2.05) is 4.90 Å². The first-order valence-corrected chi connectivity index (χ1v) is 8.35. The summed E-state index contributed by atoms with van der Waals surface area (Å²) in [5.41, 5.74) is -2.11. The zero-order valence-corrected chi connectivity index (χ0v) is 14.5. The summed E-state index contributed by atoms with van der Waals surface area (Å²) < 4.78 is 49.5. The average molecular weight is 370 g/mol. The number of hydrogen-bond donors (Lipinski definition) is 0. The molecule has 0 amide bonds. The number of rotatable bonds is 6. The van der Waals surface area contributed by atoms with E-state index in [0.29, 0.717) is 26.3 Å². The van der Waals surface area contributed by atoms with Gasteiger partial charge in [0, 0.05) is 19.6 Å². The van der Waals surface area contributed by atoms with Crippen LogP contribution in [-0.2, 0) is 25.9 Å². The number of alkyl halides is 3. The van der Waals surface area contributed by atoms with Crippen molar-refractivity contribution in [2.75, 3.05) is 39.5 Å². The third kappa shape index (κ3) is 4.96. The number of benzene rings is 1. The first-order valence-electron chi connectivity index (χ1n) is 8.35. The zero-order valence-electron chi connectivity index (χ0n) is 14.5. The van der Waals surface area contributed by atoms with Crippen LogP contribution in [0.4, 0.5) is 13.2 Å². The number of carbonyl (C=O) groups excluding carboxylic acids is 1. The maximum Gasteiger partial charge on any atom is 0.416 e. The van der Waals surface area contributed by atoms with Gasteiger partial charge in [0.1, 0.15) is 5.41 Å². The molecule has 5 nitrogen and oxygen atoms in total. The minimum absolute atomic E-state index is 0.132. The van der Waals surface area contributed by atoms with Crippen LogP contribution in [0.25, 0.3) is 0 Å². The van der Waals surface area contributed by atoms with E-state index >= 15 is 0 Å². The van der Waals surface area contributed by atoms with Gasteiger partial charge in [0.25, 0.3) is 0 Å². The van der Waals surface area contributed by atoms with E-state index in [9.17, 15) is 23.2 Å². The topological polar surface area (TPSA) is 62.6 Å². The summed E-state index contributed by atoms with van der Waals surface area (Å²) >= 11 is 0. The quantitative estimate of drug-likeness (QED) is 0.721. The van der Waals surface area contributed by atoms with E-state index < -0.39 is 23.1 Å². The molecule has 1 aromatic carbocycles. The Bertz CT molecular complexity index is 666. The monoisotopic (exact) mass is 370 g/mol. The maximum atomic E-state index is 13.1. The van der Waals surface area contributed by atoms with Crippen molar-refractivity contribution in [1.29, 1.82) is 5.26 Å². The van der Waals surface area contributed by atoms with Gasteiger partial charge in [0.15, 0.2) is 0 Å². The molecule has 2 rings (SSSR count). The summed E-state index contributed by atoms with van der Waals surface area (Å²) in [7, 11) is 0. The largest absolute Gasteiger partial charge is 0.466 e. The van der Waals surface area contributed by atoms with E-state index in [1.165, 1.54) is 12.1 Å². The van der Waals surface area contributed by atoms with Gasteiger partial charge < -0.3 is 9.47 Å². The van der Waals surface area contributed by atoms with Crippen molar-refractivity contribution in [2.24, 2.45) is 0 Å². The van der Waals surface area contributed by atoms with Crippen molar-refractivity contribution >= 4 is 5.97 Å². The van der Waals surface area contributed by atoms with E-state index in [-0.39, 0.29) is 25.1 Å². The summed E-state index contributed by atoms with van der Waals surface area (Å²) in [5.74, 6) is -0.611. The molecule has 26 heavy (non-hydrogen) atoms. The van der Waals surface area contributed by atoms with Crippen LogP contribution in [-0.4, -0.2) is 50.3 Å². The van der Waals surface area contributed by atoms with Gasteiger partial charge >= 0.3 is 12.1 Å². The highest BCUT2D eigenvalue weighted by molar-refractivity contribution is 5.72. The fraction of sp³-hybridized carbons (Fsp3) is 0.556. The molecule has 1 aliphatic rings. The number of ether oxygens (including phenoxy) is 2. The summed E-state index contributed by atoms with van der Waals surface area (Å²) in [6.45, 7) is 3.95. The molecule has 1 aromatic rings. The predicted octanol–water partition coefficient (Wildman–Crippen LogP) is 2.75. The molecular weight excluding hydrogens is 349 g/mol. The van der Waals surface area contributed by atoms with Gasteiger partial charge in [0.05, 0.1) is 37.9 Å². The van der Waals surface area contributed by atoms with Crippen molar-refractivity contribution in [2.45, 2.75) is 24.9 Å². The third-order valence-corrected chi connectivity index (χ3v) is 4.31. The molecule has 0 radical (unpaired) electrons. The van der Waals surface area contributed by atoms with Crippen molar-refractivity contribution in [3.05, 3.63) is 35.4 Å². The van der Waals surface area contributed by atoms with Gasteiger partial charge in [-0.15, -0.1) is 0 Å². The summed E-state index contributed by atoms with van der Waals surface area (Å²) in [6.07, 6.45) is -4.84. The standard InChI is InChI=1S/C18H21F3N2O3/c1-2-26-16(24)11-17(12-22,13-23-6-8-25-9-7-23)14-4-3-5-15(10-14)18(19,20)21/h3-5,10H,2,6-9,11,13H2,1H3. The second kappa shape index (κ2) is 8.52. The van der Waals surface area contributed by atoms with Crippen LogP contribution in [0.3, 0.4) is 0 Å². The fourth-order valence-electron chi connectivity index (χ4n) is 2.98. The van der Waals surface area contributed by atoms with Gasteiger partial charge in [-0.25, -0.2) is 0 Å². The molecule has 142 valence electrons. The van der Waals surface area contributed by atoms with E-state index in [4.69, 9.17) is 9.47 Å². The third-order valence-electron chi connectivity index (χ3n) is 4.31. The number of hydrogen-bond acceptors (Lipinski definition) is 5. The molecule has 1 heterocycles. The van der Waals surface area contributed by atoms with Crippen LogP contribution in [0.5, 0.6) is 0 Å². The number of morpholine rings is 1. The van der Waals surface area contributed by atoms with Crippen LogP contribution in [0, 0.1) is 11.3 Å². The van der Waals surface area contributed by atoms with E-state index in [0.717, 1.165) is 12.1 Å². The average Bonchev–Trinajstić information content (AvgIpc) is 2.61. The molecular formula is C18H21F3N2O3. The fourth-order valence-corrected chi connectivity index (χ4v) is 2.98. The molecule has 1 fully saturated rings. The lowest BCUT2D eigenvalue weighted by Gasteiger charge is -2.35. The summed E-state index contributed by atoms with van der Waals surface area (Å²) in [5, 5.41) is 9.87. The zero-order chi connectivity index (χ0) is 19.2. The Balaban J connectivity index is 2.41. The van der Waals surface area contributed by atoms with Crippen molar-refractivity contribution in [3.8, 4) is 6.07 Å². The van der Waals surface area contributed by atoms with Gasteiger partial charge in [-0.05, 0) is 18.6 Å². The van der Waals surface area contributed by atoms with E-state index in [1.54, 1.807) is 6.92 Å². The van der Waals surface area contributed by atoms with E-state index in [2.05, 4.69) is 6.07 Å². The molecule has 1 saturated heterocycles. The molecule has 0 N–H and O–H groups in total. The van der Waals surface area contributed by atoms with Gasteiger partial charge in [-0.2, -0.15) is 18.4 Å². The Labute approximate surface area is 150 Å². The van der Waals surface area contributed by atoms with Gasteiger partial charge in [0.2, 0.25) is 0 Å². The molecule has 1 unspecified atom stereocenters. The Morgan fingerprint density at radius 1 is 1.31 bits per heavy atom. The Hall–Kier alpha value is -2.11. The lowest BCUT2D eigenvalue weighted by molar-refractivity contribution is -0.144. The first-order chi connectivity index (χ1) is 12.3. The first kappa shape index (κ1) is 20.2. The lowest BCUT2D eigenvalue weighted by atomic mass is 9.77. The summed E-state index contributed by atoms with van der Waals surface area (Å²) in [4.78, 5) is 14.0. The molecule has 1 atom stereocenters. The molecule has 0 saturated carbocycles. The SMILES string of the molecule is CCOC(=O)CC(C#N)(CN1CCOCC1)c1cccc(C(F)(F)F)c1. The Morgan fingerprint density at radius 2 is 1.96 bits per heavy atom. The van der Waals surface area contributed by atoms with Crippen LogP contribution in [0.2, 0.25) is 0 Å². The minimum atomic E-state index is -4.53. The predicted molar refractivity (Wildman–Crippen MR) is 87.2 cm³/mol. The normalized spacial score (nSPS) is 18.0. The molecule has 8 heteroatoms. The molecule has 0 aromatic heterocycles. The van der Waals surface area contributed by atoms with Gasteiger partial charge in [-0.1, -0.05) is 18.2 Å². The molecule has 0 spiro atoms. The van der Waals surface area contributed by atoms with Gasteiger partial charge in [-0.3, -0.25) is 9.69 Å². The number of nitrogens with zero attached hydrogens (tertiary/aromatic N) is 2. The molecule has 0 bridgehead atoms. The van der Waals surface area contributed by atoms with Crippen LogP contribution < -0.4 is 0 Å². The highest BCUT2D eigenvalue weighted by Crippen LogP contribution is 2.35. The minimum Gasteiger partial charge on any atom is -0.466 e. The van der Waals surface area contributed by atoms with Crippen molar-refractivity contribution in [3.63, 3.8) is 0 Å². The second-order valence-corrected chi connectivity index (χ2v) is 6.14. The van der Waals surface area contributed by atoms with Crippen LogP contribution in [0.15, 0.2) is 24.3 Å². The van der Waals surface area contributed by atoms with Crippen molar-refractivity contribution in [1.82, 2.24) is 4.90 Å². The highest BCUT2D eigenvalue weighted by Gasteiger charge is 2.40. The molecule has 1 aliphatic heterocycles. The highest BCUT2D eigenvalue weighted by atomic mass is 19.4. The smallest absolute Gasteiger partial charge is 0.416 e. The molecule has 0 aliphatic carbocycles. The van der Waals surface area contributed by atoms with Crippen LogP contribution >= 0.6 is 0 Å². The Kier molecular flexibility index (Phi) is 6.62. The second-order valence-electron chi connectivity index (χ2n) is 6.14. The van der Waals surface area contributed by atoms with Crippen LogP contribution in [0.1, 0.15) is 24.5 Å². The number of esters is 1. The lowest BCUT2D eigenvalue weighted by Crippen LogP contribution is -2.46. The number of nitriles is 1. The van der Waals surface area contributed by atoms with Crippen molar-refractivity contribution < 1.29 is 27.4 Å². The number of carbonyl (C=O) groups is 1. The maximum absolute atomic E-state index is 13.1.